The van der Waals surface area contributed by atoms with Crippen molar-refractivity contribution in [2.75, 3.05) is 10.6 Å². The summed E-state index contributed by atoms with van der Waals surface area (Å²) in [6.07, 6.45) is 7.37. The molecule has 1 fully saturated rings. The number of aromatic hydroxyl groups is 1. The molecule has 1 atom stereocenters. The van der Waals surface area contributed by atoms with Crippen LogP contribution in [0.3, 0.4) is 0 Å². The lowest BCUT2D eigenvalue weighted by atomic mass is 9.97. The molecular formula is C26H27FN4O3. The maximum atomic E-state index is 13.9. The molecule has 1 aliphatic rings. The maximum Gasteiger partial charge on any atom is 0.252 e. The predicted octanol–water partition coefficient (Wildman–Crippen LogP) is 4.99. The molecule has 0 saturated heterocycles. The van der Waals surface area contributed by atoms with Crippen LogP contribution in [0.4, 0.5) is 21.5 Å². The third kappa shape index (κ3) is 5.89. The maximum absolute atomic E-state index is 13.9. The minimum atomic E-state index is -0.760. The average molecular weight is 463 g/mol. The zero-order valence-electron chi connectivity index (χ0n) is 18.6. The highest BCUT2D eigenvalue weighted by atomic mass is 19.1. The van der Waals surface area contributed by atoms with Crippen LogP contribution in [0, 0.1) is 11.7 Å². The van der Waals surface area contributed by atoms with E-state index in [1.54, 1.807) is 42.5 Å². The summed E-state index contributed by atoms with van der Waals surface area (Å²) in [6.45, 7) is 0. The van der Waals surface area contributed by atoms with Crippen molar-refractivity contribution in [2.24, 2.45) is 5.92 Å². The van der Waals surface area contributed by atoms with Gasteiger partial charge in [0.15, 0.2) is 5.82 Å². The van der Waals surface area contributed by atoms with Gasteiger partial charge in [-0.2, -0.15) is 0 Å². The second-order valence-corrected chi connectivity index (χ2v) is 8.48. The van der Waals surface area contributed by atoms with Gasteiger partial charge >= 0.3 is 0 Å². The first kappa shape index (κ1) is 23.2. The lowest BCUT2D eigenvalue weighted by Crippen LogP contribution is -2.44. The summed E-state index contributed by atoms with van der Waals surface area (Å²) in [5, 5.41) is 18.5. The van der Waals surface area contributed by atoms with E-state index in [0.29, 0.717) is 29.3 Å². The normalized spacial score (nSPS) is 14.4. The number of hydrogen-bond acceptors (Lipinski definition) is 5. The first-order valence-electron chi connectivity index (χ1n) is 11.4. The number of rotatable bonds is 8. The van der Waals surface area contributed by atoms with Gasteiger partial charge in [0.1, 0.15) is 11.8 Å². The fraction of sp³-hybridized carbons (Fsp3) is 0.269. The van der Waals surface area contributed by atoms with Gasteiger partial charge in [0, 0.05) is 17.4 Å². The van der Waals surface area contributed by atoms with E-state index in [2.05, 4.69) is 20.9 Å². The second-order valence-electron chi connectivity index (χ2n) is 8.48. The summed E-state index contributed by atoms with van der Waals surface area (Å²) in [6, 6.07) is 13.9. The highest BCUT2D eigenvalue weighted by Gasteiger charge is 2.27. The zero-order chi connectivity index (χ0) is 23.9. The summed E-state index contributed by atoms with van der Waals surface area (Å²) in [4.78, 5) is 29.9. The molecule has 176 valence electrons. The number of amides is 2. The molecule has 3 aromatic rings. The number of phenolic OH excluding ortho intramolecular Hbond substituents is 1. The van der Waals surface area contributed by atoms with Crippen LogP contribution in [-0.2, 0) is 4.79 Å². The van der Waals surface area contributed by atoms with E-state index in [-0.39, 0.29) is 17.3 Å². The first-order valence-corrected chi connectivity index (χ1v) is 11.4. The fourth-order valence-corrected chi connectivity index (χ4v) is 4.22. The Morgan fingerprint density at radius 2 is 1.85 bits per heavy atom. The molecule has 7 nitrogen and oxygen atoms in total. The molecule has 2 aromatic carbocycles. The summed E-state index contributed by atoms with van der Waals surface area (Å²) >= 11 is 0. The molecule has 4 N–H and O–H groups in total. The molecule has 8 heteroatoms. The highest BCUT2D eigenvalue weighted by Crippen LogP contribution is 2.30. The van der Waals surface area contributed by atoms with Gasteiger partial charge in [-0.15, -0.1) is 0 Å². The molecule has 1 aliphatic carbocycles. The molecule has 0 radical (unpaired) electrons. The van der Waals surface area contributed by atoms with Crippen molar-refractivity contribution in [3.8, 4) is 5.75 Å². The number of benzene rings is 2. The van der Waals surface area contributed by atoms with Gasteiger partial charge in [0.2, 0.25) is 5.91 Å². The summed E-state index contributed by atoms with van der Waals surface area (Å²) in [5.41, 5.74) is 1.41. The van der Waals surface area contributed by atoms with Crippen LogP contribution in [0.15, 0.2) is 67.0 Å². The number of carbonyl (C=O) groups is 2. The Kier molecular flexibility index (Phi) is 7.37. The number of hydrogen-bond donors (Lipinski definition) is 4. The lowest BCUT2D eigenvalue weighted by Gasteiger charge is -2.22. The smallest absolute Gasteiger partial charge is 0.252 e. The van der Waals surface area contributed by atoms with Crippen molar-refractivity contribution in [3.63, 3.8) is 0 Å². The van der Waals surface area contributed by atoms with Gasteiger partial charge in [-0.25, -0.2) is 4.39 Å². The third-order valence-electron chi connectivity index (χ3n) is 6.00. The molecule has 1 aromatic heterocycles. The van der Waals surface area contributed by atoms with Gasteiger partial charge in [-0.1, -0.05) is 43.9 Å². The molecule has 1 saturated carbocycles. The molecule has 0 aliphatic heterocycles. The van der Waals surface area contributed by atoms with Gasteiger partial charge < -0.3 is 21.1 Å². The van der Waals surface area contributed by atoms with Crippen molar-refractivity contribution in [1.29, 1.82) is 0 Å². The topological polar surface area (TPSA) is 103 Å². The van der Waals surface area contributed by atoms with Crippen molar-refractivity contribution >= 4 is 28.9 Å². The SMILES string of the molecule is O=C(N[C@H](CC1CCCC1)C(=O)Nc1ccccc1O)c1cccc(Nc2ccncc2F)c1. The van der Waals surface area contributed by atoms with Crippen LogP contribution >= 0.6 is 0 Å². The van der Waals surface area contributed by atoms with Crippen molar-refractivity contribution in [2.45, 2.75) is 38.1 Å². The van der Waals surface area contributed by atoms with Crippen molar-refractivity contribution in [1.82, 2.24) is 10.3 Å². The number of para-hydroxylation sites is 2. The van der Waals surface area contributed by atoms with E-state index in [1.165, 1.54) is 18.3 Å². The number of carbonyl (C=O) groups excluding carboxylic acids is 2. The number of aromatic nitrogens is 1. The predicted molar refractivity (Wildman–Crippen MR) is 128 cm³/mol. The minimum Gasteiger partial charge on any atom is -0.506 e. The Labute approximate surface area is 197 Å². The highest BCUT2D eigenvalue weighted by molar-refractivity contribution is 6.02. The Morgan fingerprint density at radius 1 is 1.06 bits per heavy atom. The van der Waals surface area contributed by atoms with E-state index >= 15 is 0 Å². The van der Waals surface area contributed by atoms with Gasteiger partial charge in [-0.05, 0) is 48.7 Å². The number of pyridine rings is 1. The molecule has 0 spiro atoms. The van der Waals surface area contributed by atoms with E-state index < -0.39 is 17.8 Å². The Hall–Kier alpha value is -3.94. The van der Waals surface area contributed by atoms with Crippen LogP contribution in [0.1, 0.15) is 42.5 Å². The third-order valence-corrected chi connectivity index (χ3v) is 6.00. The van der Waals surface area contributed by atoms with Crippen LogP contribution in [0.5, 0.6) is 5.75 Å². The average Bonchev–Trinajstić information content (AvgIpc) is 3.35. The number of halogens is 1. The molecule has 4 rings (SSSR count). The van der Waals surface area contributed by atoms with Crippen LogP contribution in [0.2, 0.25) is 0 Å². The first-order chi connectivity index (χ1) is 16.5. The fourth-order valence-electron chi connectivity index (χ4n) is 4.22. The van der Waals surface area contributed by atoms with Crippen molar-refractivity contribution < 1.29 is 19.1 Å². The minimum absolute atomic E-state index is 0.0380. The number of phenols is 1. The summed E-state index contributed by atoms with van der Waals surface area (Å²) in [5.74, 6) is -0.981. The zero-order valence-corrected chi connectivity index (χ0v) is 18.6. The molecule has 34 heavy (non-hydrogen) atoms. The van der Waals surface area contributed by atoms with E-state index in [1.807, 2.05) is 0 Å². The Balaban J connectivity index is 1.49. The lowest BCUT2D eigenvalue weighted by molar-refractivity contribution is -0.118. The standard InChI is InChI=1S/C26H27FN4O3/c27-20-16-28-13-12-21(20)29-19-9-5-8-18(15-19)25(33)31-23(14-17-6-1-2-7-17)26(34)30-22-10-3-4-11-24(22)32/h3-5,8-13,15-17,23,32H,1-2,6-7,14H2,(H,28,29)(H,30,34)(H,31,33)/t23-/m1/s1. The molecule has 0 bridgehead atoms. The second kappa shape index (κ2) is 10.8. The molecular weight excluding hydrogens is 435 g/mol. The molecule has 0 unspecified atom stereocenters. The number of nitrogens with one attached hydrogen (secondary N) is 3. The Bertz CT molecular complexity index is 1160. The van der Waals surface area contributed by atoms with Crippen LogP contribution in [0.25, 0.3) is 0 Å². The van der Waals surface area contributed by atoms with Crippen LogP contribution in [-0.4, -0.2) is 27.9 Å². The summed E-state index contributed by atoms with van der Waals surface area (Å²) < 4.78 is 13.9. The van der Waals surface area contributed by atoms with Gasteiger partial charge in [0.05, 0.1) is 17.6 Å². The van der Waals surface area contributed by atoms with E-state index in [4.69, 9.17) is 0 Å². The van der Waals surface area contributed by atoms with E-state index in [9.17, 15) is 19.1 Å². The number of anilines is 3. The molecule has 1 heterocycles. The van der Waals surface area contributed by atoms with Gasteiger partial charge in [-0.3, -0.25) is 14.6 Å². The number of nitrogens with zero attached hydrogens (tertiary/aromatic N) is 1. The monoisotopic (exact) mass is 462 g/mol. The van der Waals surface area contributed by atoms with Gasteiger partial charge in [0.25, 0.3) is 5.91 Å². The van der Waals surface area contributed by atoms with Crippen LogP contribution < -0.4 is 16.0 Å². The molecule has 2 amide bonds. The Morgan fingerprint density at radius 3 is 2.62 bits per heavy atom. The van der Waals surface area contributed by atoms with Crippen molar-refractivity contribution in [3.05, 3.63) is 78.4 Å². The van der Waals surface area contributed by atoms with E-state index in [0.717, 1.165) is 31.9 Å². The largest absolute Gasteiger partial charge is 0.506 e. The quantitative estimate of drug-likeness (QED) is 0.353. The summed E-state index contributed by atoms with van der Waals surface area (Å²) in [7, 11) is 0.